The second kappa shape index (κ2) is 9.62. The van der Waals surface area contributed by atoms with Gasteiger partial charge in [0.2, 0.25) is 0 Å². The van der Waals surface area contributed by atoms with Crippen LogP contribution in [0.5, 0.6) is 0 Å². The number of guanidine groups is 1. The van der Waals surface area contributed by atoms with Gasteiger partial charge in [-0.15, -0.1) is 0 Å². The van der Waals surface area contributed by atoms with Crippen LogP contribution in [0.4, 0.5) is 4.39 Å². The normalized spacial score (nSPS) is 18.8. The third-order valence-electron chi connectivity index (χ3n) is 4.78. The molecule has 4 nitrogen and oxygen atoms in total. The molecule has 0 spiro atoms. The summed E-state index contributed by atoms with van der Waals surface area (Å²) in [5.41, 5.74) is 1.05. The summed E-state index contributed by atoms with van der Waals surface area (Å²) < 4.78 is 13.2. The number of hydrogen-bond donors (Lipinski definition) is 1. The first-order chi connectivity index (χ1) is 11.6. The highest BCUT2D eigenvalue weighted by molar-refractivity contribution is 5.79. The van der Waals surface area contributed by atoms with Crippen LogP contribution < -0.4 is 5.32 Å². The number of aliphatic imine (C=N–C) groups is 1. The van der Waals surface area contributed by atoms with Crippen molar-refractivity contribution in [1.82, 2.24) is 15.1 Å². The third-order valence-corrected chi connectivity index (χ3v) is 4.78. The van der Waals surface area contributed by atoms with E-state index < -0.39 is 0 Å². The van der Waals surface area contributed by atoms with Crippen molar-refractivity contribution in [3.63, 3.8) is 0 Å². The zero-order chi connectivity index (χ0) is 17.4. The molecular formula is C19H31FN4. The van der Waals surface area contributed by atoms with Gasteiger partial charge in [-0.05, 0) is 56.5 Å². The van der Waals surface area contributed by atoms with Gasteiger partial charge in [0, 0.05) is 33.2 Å². The minimum Gasteiger partial charge on any atom is -0.356 e. The van der Waals surface area contributed by atoms with Crippen molar-refractivity contribution in [2.24, 2.45) is 4.99 Å². The van der Waals surface area contributed by atoms with E-state index >= 15 is 0 Å². The van der Waals surface area contributed by atoms with Crippen LogP contribution >= 0.6 is 0 Å². The molecule has 1 atom stereocenters. The van der Waals surface area contributed by atoms with E-state index in [0.29, 0.717) is 6.04 Å². The Hall–Kier alpha value is -1.62. The molecule has 1 heterocycles. The fourth-order valence-corrected chi connectivity index (χ4v) is 3.49. The fourth-order valence-electron chi connectivity index (χ4n) is 3.49. The zero-order valence-electron chi connectivity index (χ0n) is 15.3. The van der Waals surface area contributed by atoms with Gasteiger partial charge < -0.3 is 10.2 Å². The molecule has 2 rings (SSSR count). The average molecular weight is 334 g/mol. The van der Waals surface area contributed by atoms with E-state index in [-0.39, 0.29) is 5.82 Å². The first-order valence-electron chi connectivity index (χ1n) is 9.04. The van der Waals surface area contributed by atoms with E-state index in [1.807, 2.05) is 13.1 Å². The summed E-state index contributed by atoms with van der Waals surface area (Å²) in [7, 11) is 3.94. The molecule has 1 saturated heterocycles. The molecule has 0 bridgehead atoms. The summed E-state index contributed by atoms with van der Waals surface area (Å²) >= 11 is 0. The number of likely N-dealkylation sites (tertiary alicyclic amines) is 1. The molecule has 134 valence electrons. The molecule has 1 fully saturated rings. The van der Waals surface area contributed by atoms with Crippen LogP contribution in [0.25, 0.3) is 0 Å². The molecule has 1 aliphatic heterocycles. The summed E-state index contributed by atoms with van der Waals surface area (Å²) in [6, 6.07) is 7.47. The molecule has 0 aromatic heterocycles. The Morgan fingerprint density at radius 2 is 2.29 bits per heavy atom. The van der Waals surface area contributed by atoms with Crippen molar-refractivity contribution in [3.8, 4) is 0 Å². The highest BCUT2D eigenvalue weighted by Crippen LogP contribution is 2.17. The zero-order valence-corrected chi connectivity index (χ0v) is 15.3. The Kier molecular flexibility index (Phi) is 7.50. The van der Waals surface area contributed by atoms with Crippen LogP contribution in [0.15, 0.2) is 29.3 Å². The maximum absolute atomic E-state index is 13.2. The highest BCUT2D eigenvalue weighted by Gasteiger charge is 2.24. The standard InChI is InChI=1S/C19H31FN4/c1-4-24-13-7-11-18(24)15-23(3)19(21-2)22-12-6-9-16-8-5-10-17(20)14-16/h5,8,10,14,18H,4,6-7,9,11-13,15H2,1-3H3,(H,21,22). The van der Waals surface area contributed by atoms with E-state index in [1.165, 1.54) is 25.5 Å². The molecule has 1 aromatic carbocycles. The lowest BCUT2D eigenvalue weighted by molar-refractivity contribution is 0.232. The first-order valence-corrected chi connectivity index (χ1v) is 9.04. The quantitative estimate of drug-likeness (QED) is 0.473. The summed E-state index contributed by atoms with van der Waals surface area (Å²) in [6.45, 7) is 6.43. The molecule has 1 aromatic rings. The van der Waals surface area contributed by atoms with Crippen LogP contribution in [-0.2, 0) is 6.42 Å². The van der Waals surface area contributed by atoms with E-state index in [1.54, 1.807) is 12.1 Å². The molecule has 1 unspecified atom stereocenters. The van der Waals surface area contributed by atoms with Crippen LogP contribution in [-0.4, -0.2) is 62.1 Å². The number of benzene rings is 1. The summed E-state index contributed by atoms with van der Waals surface area (Å²) in [5.74, 6) is 0.783. The third kappa shape index (κ3) is 5.48. The SMILES string of the molecule is CCN1CCCC1CN(C)C(=NC)NCCCc1cccc(F)c1. The van der Waals surface area contributed by atoms with Gasteiger partial charge in [0.05, 0.1) is 0 Å². The monoisotopic (exact) mass is 334 g/mol. The number of rotatable bonds is 7. The maximum Gasteiger partial charge on any atom is 0.193 e. The van der Waals surface area contributed by atoms with Crippen molar-refractivity contribution in [2.75, 3.05) is 40.3 Å². The number of halogens is 1. The molecule has 1 aliphatic rings. The Bertz CT molecular complexity index is 532. The molecule has 1 N–H and O–H groups in total. The van der Waals surface area contributed by atoms with Crippen LogP contribution in [0.2, 0.25) is 0 Å². The molecule has 0 aliphatic carbocycles. The highest BCUT2D eigenvalue weighted by atomic mass is 19.1. The summed E-state index contributed by atoms with van der Waals surface area (Å²) in [5, 5.41) is 3.42. The van der Waals surface area contributed by atoms with Gasteiger partial charge in [0.25, 0.3) is 0 Å². The second-order valence-corrected chi connectivity index (χ2v) is 6.51. The van der Waals surface area contributed by atoms with Gasteiger partial charge >= 0.3 is 0 Å². The number of likely N-dealkylation sites (N-methyl/N-ethyl adjacent to an activating group) is 2. The lowest BCUT2D eigenvalue weighted by Gasteiger charge is -2.29. The minimum atomic E-state index is -0.159. The predicted octanol–water partition coefficient (Wildman–Crippen LogP) is 2.75. The van der Waals surface area contributed by atoms with E-state index in [9.17, 15) is 4.39 Å². The van der Waals surface area contributed by atoms with Crippen molar-refractivity contribution in [1.29, 1.82) is 0 Å². The lowest BCUT2D eigenvalue weighted by atomic mass is 10.1. The Balaban J connectivity index is 1.73. The smallest absolute Gasteiger partial charge is 0.193 e. The summed E-state index contributed by atoms with van der Waals surface area (Å²) in [6.07, 6.45) is 4.40. The number of hydrogen-bond acceptors (Lipinski definition) is 2. The van der Waals surface area contributed by atoms with Gasteiger partial charge in [0.15, 0.2) is 5.96 Å². The Labute approximate surface area is 145 Å². The molecular weight excluding hydrogens is 303 g/mol. The molecule has 0 radical (unpaired) electrons. The second-order valence-electron chi connectivity index (χ2n) is 6.51. The van der Waals surface area contributed by atoms with Crippen molar-refractivity contribution < 1.29 is 4.39 Å². The van der Waals surface area contributed by atoms with Crippen LogP contribution in [0, 0.1) is 5.82 Å². The number of nitrogens with one attached hydrogen (secondary N) is 1. The maximum atomic E-state index is 13.2. The summed E-state index contributed by atoms with van der Waals surface area (Å²) in [4.78, 5) is 9.16. The van der Waals surface area contributed by atoms with Crippen molar-refractivity contribution >= 4 is 5.96 Å². The Morgan fingerprint density at radius 3 is 3.00 bits per heavy atom. The largest absolute Gasteiger partial charge is 0.356 e. The van der Waals surface area contributed by atoms with Gasteiger partial charge in [-0.1, -0.05) is 19.1 Å². The average Bonchev–Trinajstić information content (AvgIpc) is 3.02. The predicted molar refractivity (Wildman–Crippen MR) is 99.0 cm³/mol. The topological polar surface area (TPSA) is 30.9 Å². The van der Waals surface area contributed by atoms with Crippen LogP contribution in [0.3, 0.4) is 0 Å². The van der Waals surface area contributed by atoms with E-state index in [0.717, 1.165) is 44.0 Å². The Morgan fingerprint density at radius 1 is 1.46 bits per heavy atom. The number of aryl methyl sites for hydroxylation is 1. The fraction of sp³-hybridized carbons (Fsp3) is 0.632. The van der Waals surface area contributed by atoms with Crippen LogP contribution in [0.1, 0.15) is 31.7 Å². The van der Waals surface area contributed by atoms with Gasteiger partial charge in [-0.2, -0.15) is 0 Å². The molecule has 24 heavy (non-hydrogen) atoms. The molecule has 0 amide bonds. The van der Waals surface area contributed by atoms with Crippen molar-refractivity contribution in [3.05, 3.63) is 35.6 Å². The number of nitrogens with zero attached hydrogens (tertiary/aromatic N) is 3. The molecule has 0 saturated carbocycles. The first kappa shape index (κ1) is 18.7. The van der Waals surface area contributed by atoms with Gasteiger partial charge in [-0.3, -0.25) is 9.89 Å². The molecule has 5 heteroatoms. The minimum absolute atomic E-state index is 0.159. The lowest BCUT2D eigenvalue weighted by Crippen LogP contribution is -2.46. The van der Waals surface area contributed by atoms with E-state index in [2.05, 4.69) is 34.1 Å². The van der Waals surface area contributed by atoms with Gasteiger partial charge in [-0.25, -0.2) is 4.39 Å². The van der Waals surface area contributed by atoms with Crippen molar-refractivity contribution in [2.45, 2.75) is 38.6 Å². The van der Waals surface area contributed by atoms with E-state index in [4.69, 9.17) is 0 Å². The van der Waals surface area contributed by atoms with Gasteiger partial charge in [0.1, 0.15) is 5.82 Å².